The predicted molar refractivity (Wildman–Crippen MR) is 96.1 cm³/mol. The minimum atomic E-state index is 0.352. The number of allylic oxidation sites excluding steroid dienone is 2. The van der Waals surface area contributed by atoms with Crippen molar-refractivity contribution in [3.63, 3.8) is 0 Å². The molecule has 1 atom stereocenters. The molecule has 1 fully saturated rings. The van der Waals surface area contributed by atoms with Crippen molar-refractivity contribution in [3.8, 4) is 0 Å². The molecule has 1 aromatic carbocycles. The maximum absolute atomic E-state index is 5.55. The van der Waals surface area contributed by atoms with E-state index in [9.17, 15) is 0 Å². The van der Waals surface area contributed by atoms with Crippen LogP contribution in [0.4, 0.5) is 0 Å². The van der Waals surface area contributed by atoms with E-state index in [0.717, 1.165) is 57.0 Å². The van der Waals surface area contributed by atoms with Gasteiger partial charge in [-0.2, -0.15) is 5.10 Å². The number of aryl methyl sites for hydroxylation is 3. The van der Waals surface area contributed by atoms with Crippen LogP contribution in [0.2, 0.25) is 0 Å². The van der Waals surface area contributed by atoms with Gasteiger partial charge in [-0.1, -0.05) is 42.0 Å². The zero-order chi connectivity index (χ0) is 16.8. The average Bonchev–Trinajstić information content (AvgIpc) is 3.23. The lowest BCUT2D eigenvalue weighted by atomic mass is 10.1. The number of aromatic nitrogens is 3. The Morgan fingerprint density at radius 3 is 2.75 bits per heavy atom. The molecule has 24 heavy (non-hydrogen) atoms. The van der Waals surface area contributed by atoms with E-state index in [0.29, 0.717) is 6.04 Å². The molecule has 0 N–H and O–H groups in total. The summed E-state index contributed by atoms with van der Waals surface area (Å²) in [5, 5.41) is 4.81. The first-order chi connectivity index (χ1) is 11.7. The molecule has 0 saturated carbocycles. The van der Waals surface area contributed by atoms with Gasteiger partial charge in [-0.25, -0.2) is 9.67 Å². The number of hydrogen-bond acceptors (Lipinski definition) is 3. The molecule has 1 unspecified atom stereocenters. The van der Waals surface area contributed by atoms with Crippen LogP contribution < -0.4 is 0 Å². The van der Waals surface area contributed by atoms with Gasteiger partial charge in [0.15, 0.2) is 5.82 Å². The molecule has 0 amide bonds. The fourth-order valence-electron chi connectivity index (χ4n) is 3.08. The van der Waals surface area contributed by atoms with E-state index in [1.165, 1.54) is 11.1 Å². The standard InChI is InChI=1S/C20H27N3O/c1-16(2)7-6-10-20-21-19(12-11-17-8-4-3-5-9-17)22-23(20)18-13-14-24-15-18/h3-5,7-9,18H,6,10-15H2,1-2H3. The molecule has 1 saturated heterocycles. The Balaban J connectivity index is 1.70. The summed E-state index contributed by atoms with van der Waals surface area (Å²) >= 11 is 0. The van der Waals surface area contributed by atoms with Gasteiger partial charge in [-0.3, -0.25) is 0 Å². The van der Waals surface area contributed by atoms with E-state index in [1.54, 1.807) is 0 Å². The van der Waals surface area contributed by atoms with E-state index in [2.05, 4.69) is 54.9 Å². The second-order valence-corrected chi connectivity index (χ2v) is 6.71. The summed E-state index contributed by atoms with van der Waals surface area (Å²) in [6.07, 6.45) is 7.15. The lowest BCUT2D eigenvalue weighted by Crippen LogP contribution is -2.14. The Morgan fingerprint density at radius 2 is 2.04 bits per heavy atom. The third kappa shape index (κ3) is 4.54. The van der Waals surface area contributed by atoms with Crippen LogP contribution >= 0.6 is 0 Å². The largest absolute Gasteiger partial charge is 0.379 e. The number of ether oxygens (including phenoxy) is 1. The van der Waals surface area contributed by atoms with Crippen LogP contribution in [0.15, 0.2) is 42.0 Å². The van der Waals surface area contributed by atoms with Crippen molar-refractivity contribution < 1.29 is 4.74 Å². The smallest absolute Gasteiger partial charge is 0.151 e. The Labute approximate surface area is 144 Å². The molecule has 0 bridgehead atoms. The number of rotatable bonds is 7. The van der Waals surface area contributed by atoms with Gasteiger partial charge >= 0.3 is 0 Å². The summed E-state index contributed by atoms with van der Waals surface area (Å²) in [6.45, 7) is 5.87. The molecule has 128 valence electrons. The van der Waals surface area contributed by atoms with Gasteiger partial charge in [0.05, 0.1) is 12.6 Å². The normalized spacial score (nSPS) is 17.2. The molecule has 0 aliphatic carbocycles. The second kappa shape index (κ2) is 8.25. The summed E-state index contributed by atoms with van der Waals surface area (Å²) in [5.41, 5.74) is 2.69. The van der Waals surface area contributed by atoms with Crippen molar-refractivity contribution in [3.05, 3.63) is 59.2 Å². The Hall–Kier alpha value is -1.94. The molecule has 1 aromatic heterocycles. The molecule has 2 aromatic rings. The molecule has 0 radical (unpaired) electrons. The molecule has 4 heteroatoms. The third-order valence-corrected chi connectivity index (χ3v) is 4.40. The van der Waals surface area contributed by atoms with Crippen molar-refractivity contribution >= 4 is 0 Å². The van der Waals surface area contributed by atoms with Crippen molar-refractivity contribution in [2.75, 3.05) is 13.2 Å². The average molecular weight is 325 g/mol. The van der Waals surface area contributed by atoms with Gasteiger partial charge in [0.25, 0.3) is 0 Å². The lowest BCUT2D eigenvalue weighted by Gasteiger charge is -2.10. The van der Waals surface area contributed by atoms with E-state index in [-0.39, 0.29) is 0 Å². The first-order valence-electron chi connectivity index (χ1n) is 8.91. The predicted octanol–water partition coefficient (Wildman–Crippen LogP) is 3.92. The van der Waals surface area contributed by atoms with E-state index < -0.39 is 0 Å². The summed E-state index contributed by atoms with van der Waals surface area (Å²) in [6, 6.07) is 10.9. The molecule has 4 nitrogen and oxygen atoms in total. The zero-order valence-corrected chi connectivity index (χ0v) is 14.7. The minimum Gasteiger partial charge on any atom is -0.379 e. The van der Waals surface area contributed by atoms with Gasteiger partial charge in [-0.15, -0.1) is 0 Å². The first-order valence-corrected chi connectivity index (χ1v) is 8.91. The fourth-order valence-corrected chi connectivity index (χ4v) is 3.08. The van der Waals surface area contributed by atoms with Crippen molar-refractivity contribution in [2.24, 2.45) is 0 Å². The van der Waals surface area contributed by atoms with Crippen LogP contribution in [0, 0.1) is 0 Å². The summed E-state index contributed by atoms with van der Waals surface area (Å²) in [5.74, 6) is 2.06. The Morgan fingerprint density at radius 1 is 1.21 bits per heavy atom. The van der Waals surface area contributed by atoms with E-state index in [4.69, 9.17) is 14.8 Å². The highest BCUT2D eigenvalue weighted by atomic mass is 16.5. The van der Waals surface area contributed by atoms with Crippen molar-refractivity contribution in [1.82, 2.24) is 14.8 Å². The maximum Gasteiger partial charge on any atom is 0.151 e. The molecular weight excluding hydrogens is 298 g/mol. The van der Waals surface area contributed by atoms with Gasteiger partial charge in [-0.05, 0) is 38.7 Å². The topological polar surface area (TPSA) is 39.9 Å². The van der Waals surface area contributed by atoms with Crippen LogP contribution in [0.25, 0.3) is 0 Å². The van der Waals surface area contributed by atoms with Crippen LogP contribution in [0.5, 0.6) is 0 Å². The highest BCUT2D eigenvalue weighted by molar-refractivity contribution is 5.15. The lowest BCUT2D eigenvalue weighted by molar-refractivity contribution is 0.183. The highest BCUT2D eigenvalue weighted by Gasteiger charge is 2.22. The quantitative estimate of drug-likeness (QED) is 0.724. The monoisotopic (exact) mass is 325 g/mol. The second-order valence-electron chi connectivity index (χ2n) is 6.71. The van der Waals surface area contributed by atoms with Gasteiger partial charge in [0.2, 0.25) is 0 Å². The number of hydrogen-bond donors (Lipinski definition) is 0. The maximum atomic E-state index is 5.55. The summed E-state index contributed by atoms with van der Waals surface area (Å²) < 4.78 is 7.68. The molecule has 3 rings (SSSR count). The minimum absolute atomic E-state index is 0.352. The summed E-state index contributed by atoms with van der Waals surface area (Å²) in [4.78, 5) is 4.83. The molecular formula is C20H27N3O. The van der Waals surface area contributed by atoms with Crippen molar-refractivity contribution in [1.29, 1.82) is 0 Å². The van der Waals surface area contributed by atoms with Crippen LogP contribution in [0.1, 0.15) is 49.9 Å². The Kier molecular flexibility index (Phi) is 5.81. The van der Waals surface area contributed by atoms with Gasteiger partial charge < -0.3 is 4.74 Å². The van der Waals surface area contributed by atoms with Crippen LogP contribution in [0.3, 0.4) is 0 Å². The van der Waals surface area contributed by atoms with E-state index >= 15 is 0 Å². The SMILES string of the molecule is CC(C)=CCCc1nc(CCc2ccccc2)nn1C1CCOC1. The number of nitrogens with zero attached hydrogens (tertiary/aromatic N) is 3. The number of benzene rings is 1. The van der Waals surface area contributed by atoms with Crippen molar-refractivity contribution in [2.45, 2.75) is 52.0 Å². The summed E-state index contributed by atoms with van der Waals surface area (Å²) in [7, 11) is 0. The van der Waals surface area contributed by atoms with Gasteiger partial charge in [0, 0.05) is 19.4 Å². The molecule has 0 spiro atoms. The van der Waals surface area contributed by atoms with E-state index in [1.807, 2.05) is 0 Å². The third-order valence-electron chi connectivity index (χ3n) is 4.40. The van der Waals surface area contributed by atoms with Crippen LogP contribution in [-0.4, -0.2) is 28.0 Å². The zero-order valence-electron chi connectivity index (χ0n) is 14.7. The van der Waals surface area contributed by atoms with Crippen LogP contribution in [-0.2, 0) is 24.0 Å². The molecule has 1 aliphatic heterocycles. The first kappa shape index (κ1) is 16.9. The molecule has 1 aliphatic rings. The fraction of sp³-hybridized carbons (Fsp3) is 0.500. The Bertz CT molecular complexity index is 665. The highest BCUT2D eigenvalue weighted by Crippen LogP contribution is 2.21. The molecule has 2 heterocycles. The van der Waals surface area contributed by atoms with Gasteiger partial charge in [0.1, 0.15) is 5.82 Å².